The molecule has 40 heavy (non-hydrogen) atoms. The molecule has 1 fully saturated rings. The van der Waals surface area contributed by atoms with Crippen molar-refractivity contribution in [3.05, 3.63) is 76.6 Å². The Morgan fingerprint density at radius 1 is 1.15 bits per heavy atom. The van der Waals surface area contributed by atoms with Crippen molar-refractivity contribution >= 4 is 40.6 Å². The number of fused-ring (bicyclic) bond motifs is 1. The third kappa shape index (κ3) is 6.41. The topological polar surface area (TPSA) is 77.3 Å². The van der Waals surface area contributed by atoms with E-state index in [1.165, 1.54) is 23.9 Å². The number of benzene rings is 2. The second kappa shape index (κ2) is 11.6. The van der Waals surface area contributed by atoms with Crippen molar-refractivity contribution in [3.63, 3.8) is 0 Å². The van der Waals surface area contributed by atoms with Crippen LogP contribution in [0.5, 0.6) is 0 Å². The third-order valence-corrected chi connectivity index (χ3v) is 7.28. The zero-order valence-corrected chi connectivity index (χ0v) is 22.7. The Balaban J connectivity index is 1.29. The maximum absolute atomic E-state index is 13.9. The van der Waals surface area contributed by atoms with E-state index in [9.17, 15) is 18.0 Å². The van der Waals surface area contributed by atoms with Gasteiger partial charge in [0.05, 0.1) is 11.6 Å². The van der Waals surface area contributed by atoms with E-state index in [1.807, 2.05) is 24.3 Å². The van der Waals surface area contributed by atoms with Gasteiger partial charge < -0.3 is 10.2 Å². The van der Waals surface area contributed by atoms with Gasteiger partial charge >= 0.3 is 12.5 Å². The van der Waals surface area contributed by atoms with Gasteiger partial charge in [-0.2, -0.15) is 13.2 Å². The monoisotopic (exact) mass is 566 g/mol. The minimum atomic E-state index is -4.57. The second-order valence-corrected chi connectivity index (χ2v) is 10.3. The van der Waals surface area contributed by atoms with Crippen molar-refractivity contribution in [2.45, 2.75) is 12.7 Å². The Morgan fingerprint density at radius 3 is 2.70 bits per heavy atom. The van der Waals surface area contributed by atoms with Crippen LogP contribution in [0, 0.1) is 11.8 Å². The summed E-state index contributed by atoms with van der Waals surface area (Å²) in [5.41, 5.74) is 3.23. The molecule has 0 unspecified atom stereocenters. The molecule has 2 aromatic carbocycles. The van der Waals surface area contributed by atoms with Gasteiger partial charge in [0.2, 0.25) is 5.82 Å². The minimum Gasteiger partial charge on any atom is -0.322 e. The normalized spacial score (nSPS) is 17.2. The predicted molar refractivity (Wildman–Crippen MR) is 153 cm³/mol. The first kappa shape index (κ1) is 27.6. The van der Waals surface area contributed by atoms with E-state index in [-0.39, 0.29) is 17.7 Å². The molecule has 2 aromatic rings. The molecule has 3 aliphatic rings. The lowest BCUT2D eigenvalue weighted by Crippen LogP contribution is -2.44. The molecule has 0 spiro atoms. The number of nitrogens with zero attached hydrogens (tertiary/aromatic N) is 5. The molecule has 0 radical (unpaired) electrons. The molecule has 0 saturated carbocycles. The Kier molecular flexibility index (Phi) is 8.00. The van der Waals surface area contributed by atoms with Crippen molar-refractivity contribution in [2.75, 3.05) is 44.8 Å². The second-order valence-electron chi connectivity index (χ2n) is 9.47. The van der Waals surface area contributed by atoms with Crippen LogP contribution in [-0.2, 0) is 12.7 Å². The summed E-state index contributed by atoms with van der Waals surface area (Å²) in [7, 11) is 1.99. The fourth-order valence-electron chi connectivity index (χ4n) is 4.39. The number of hydrogen-bond donors (Lipinski definition) is 2. The van der Waals surface area contributed by atoms with E-state index >= 15 is 0 Å². The SMILES string of the molecule is CSC1=[N+]=CN2C(=C1)NN=C2C#Cc1cccc(NC(=O)c2ccc(CN3CCN(C)CC3)c(C(F)(F)F)c2)c1. The molecule has 0 atom stereocenters. The first-order valence-electron chi connectivity index (χ1n) is 12.5. The Morgan fingerprint density at radius 2 is 1.95 bits per heavy atom. The number of rotatable bonds is 4. The molecule has 2 N–H and O–H groups in total. The van der Waals surface area contributed by atoms with Crippen LogP contribution in [0.4, 0.5) is 18.9 Å². The van der Waals surface area contributed by atoms with Crippen LogP contribution in [-0.4, -0.2) is 77.3 Å². The highest BCUT2D eigenvalue weighted by Crippen LogP contribution is 2.33. The summed E-state index contributed by atoms with van der Waals surface area (Å²) in [5.74, 6) is 6.56. The maximum atomic E-state index is 13.9. The maximum Gasteiger partial charge on any atom is 0.416 e. The lowest BCUT2D eigenvalue weighted by Gasteiger charge is -2.33. The van der Waals surface area contributed by atoms with Gasteiger partial charge in [0, 0.05) is 55.5 Å². The summed E-state index contributed by atoms with van der Waals surface area (Å²) < 4.78 is 46.1. The van der Waals surface area contributed by atoms with Crippen LogP contribution in [0.15, 0.2) is 59.5 Å². The molecule has 0 aliphatic carbocycles. The molecule has 0 aromatic heterocycles. The van der Waals surface area contributed by atoms with E-state index in [0.29, 0.717) is 30.2 Å². The van der Waals surface area contributed by atoms with Crippen LogP contribution in [0.3, 0.4) is 0 Å². The molecular weight excluding hydrogens is 539 g/mol. The number of anilines is 1. The van der Waals surface area contributed by atoms with Crippen LogP contribution >= 0.6 is 11.8 Å². The van der Waals surface area contributed by atoms with Crippen molar-refractivity contribution in [1.29, 1.82) is 0 Å². The van der Waals surface area contributed by atoms with Crippen molar-refractivity contribution < 1.29 is 18.0 Å². The molecule has 3 aliphatic heterocycles. The Labute approximate surface area is 234 Å². The molecule has 1 saturated heterocycles. The van der Waals surface area contributed by atoms with Gasteiger partial charge in [-0.05, 0) is 49.2 Å². The van der Waals surface area contributed by atoms with E-state index in [0.717, 1.165) is 30.0 Å². The number of amides is 1. The number of halogens is 3. The average molecular weight is 567 g/mol. The number of thioether (sulfide) groups is 1. The first-order chi connectivity index (χ1) is 19.2. The molecule has 1 amide bonds. The van der Waals surface area contributed by atoms with Gasteiger partial charge in [-0.25, -0.2) is 10.1 Å². The van der Waals surface area contributed by atoms with Crippen molar-refractivity contribution in [2.24, 2.45) is 5.10 Å². The summed E-state index contributed by atoms with van der Waals surface area (Å²) in [6.07, 6.45) is 0.856. The number of piperazine rings is 1. The lowest BCUT2D eigenvalue weighted by atomic mass is 10.0. The summed E-state index contributed by atoms with van der Waals surface area (Å²) in [6, 6.07) is 10.6. The zero-order chi connectivity index (χ0) is 28.3. The highest BCUT2D eigenvalue weighted by Gasteiger charge is 2.35. The smallest absolute Gasteiger partial charge is 0.322 e. The van der Waals surface area contributed by atoms with Crippen LogP contribution < -0.4 is 15.4 Å². The molecular formula is C28H27F3N7OS+. The fourth-order valence-corrected chi connectivity index (χ4v) is 4.77. The van der Waals surface area contributed by atoms with Gasteiger partial charge in [-0.15, -0.1) is 10.0 Å². The number of amidine groups is 1. The van der Waals surface area contributed by atoms with E-state index in [1.54, 1.807) is 35.5 Å². The number of hydrogen-bond acceptors (Lipinski definition) is 7. The van der Waals surface area contributed by atoms with Crippen molar-refractivity contribution in [3.8, 4) is 11.8 Å². The third-order valence-electron chi connectivity index (χ3n) is 6.64. The van der Waals surface area contributed by atoms with Crippen LogP contribution in [0.1, 0.15) is 27.0 Å². The Hall–Kier alpha value is -4.01. The number of likely N-dealkylation sites (N-methyl/N-ethyl adjacent to an activating group) is 1. The van der Waals surface area contributed by atoms with Gasteiger partial charge in [-0.1, -0.05) is 29.8 Å². The number of nitrogens with one attached hydrogen (secondary N) is 2. The van der Waals surface area contributed by atoms with Gasteiger partial charge in [0.25, 0.3) is 16.8 Å². The molecule has 5 rings (SSSR count). The largest absolute Gasteiger partial charge is 0.416 e. The number of alkyl halides is 3. The van der Waals surface area contributed by atoms with Gasteiger partial charge in [0.1, 0.15) is 0 Å². The predicted octanol–water partition coefficient (Wildman–Crippen LogP) is 2.99. The fraction of sp³-hybridized carbons (Fsp3) is 0.286. The van der Waals surface area contributed by atoms with E-state index in [4.69, 9.17) is 0 Å². The quantitative estimate of drug-likeness (QED) is 0.438. The van der Waals surface area contributed by atoms with E-state index < -0.39 is 17.6 Å². The molecule has 3 heterocycles. The highest BCUT2D eigenvalue weighted by atomic mass is 32.2. The van der Waals surface area contributed by atoms with Crippen LogP contribution in [0.25, 0.3) is 0 Å². The van der Waals surface area contributed by atoms with Crippen molar-refractivity contribution in [1.82, 2.24) is 24.8 Å². The Bertz CT molecular complexity index is 1510. The molecule has 8 nitrogen and oxygen atoms in total. The summed E-state index contributed by atoms with van der Waals surface area (Å²) >= 11 is 1.52. The summed E-state index contributed by atoms with van der Waals surface area (Å²) in [6.45, 7) is 3.18. The lowest BCUT2D eigenvalue weighted by molar-refractivity contribution is -0.138. The summed E-state index contributed by atoms with van der Waals surface area (Å²) in [5, 5.41) is 7.75. The first-order valence-corrected chi connectivity index (χ1v) is 13.8. The molecule has 0 bridgehead atoms. The molecule has 206 valence electrons. The summed E-state index contributed by atoms with van der Waals surface area (Å²) in [4.78, 5) is 18.8. The zero-order valence-electron chi connectivity index (χ0n) is 21.9. The number of carbonyl (C=O) groups is 1. The standard InChI is InChI=1S/C28H26F3N7OS/c1-36-10-12-37(13-11-36)17-21-8-7-20(15-23(21)28(29,30)31)27(39)33-22-5-3-4-19(14-22)6-9-24-34-35-25-16-26(40-2)32-18-38(24)25/h3-5,7-8,14-16,18H,10-13,17H2,1-2H3,(H,33,39)/p+1. The minimum absolute atomic E-state index is 0.0672. The van der Waals surface area contributed by atoms with Gasteiger partial charge in [-0.3, -0.25) is 9.69 Å². The number of hydrazone groups is 1. The van der Waals surface area contributed by atoms with Crippen LogP contribution in [0.2, 0.25) is 0 Å². The number of carbonyl (C=O) groups excluding carboxylic acids is 1. The molecule has 12 heteroatoms. The highest BCUT2D eigenvalue weighted by molar-refractivity contribution is 8.13. The van der Waals surface area contributed by atoms with E-state index in [2.05, 4.69) is 37.3 Å². The van der Waals surface area contributed by atoms with Gasteiger partial charge in [0.15, 0.2) is 0 Å². The average Bonchev–Trinajstić information content (AvgIpc) is 3.35.